The molecule has 1 amide bonds. The third-order valence-electron chi connectivity index (χ3n) is 5.76. The molecule has 0 saturated carbocycles. The molecule has 1 saturated heterocycles. The van der Waals surface area contributed by atoms with Gasteiger partial charge in [-0.2, -0.15) is 4.31 Å². The maximum absolute atomic E-state index is 13.2. The first kappa shape index (κ1) is 23.7. The second-order valence-electron chi connectivity index (χ2n) is 8.08. The highest BCUT2D eigenvalue weighted by molar-refractivity contribution is 7.89. The SMILES string of the molecule is COc1ccc(NC(=O)c2ccc(-c3ccc(C(C)=O)cc3)o2)cc1S(=O)(=O)N1CCCCC1. The highest BCUT2D eigenvalue weighted by atomic mass is 32.2. The number of ketones is 1. The average Bonchev–Trinajstić information content (AvgIpc) is 3.35. The molecule has 0 atom stereocenters. The number of nitrogens with one attached hydrogen (secondary N) is 1. The number of anilines is 1. The fraction of sp³-hybridized carbons (Fsp3) is 0.280. The predicted molar refractivity (Wildman–Crippen MR) is 128 cm³/mol. The van der Waals surface area contributed by atoms with Crippen molar-refractivity contribution in [1.82, 2.24) is 4.31 Å². The molecule has 0 unspecified atom stereocenters. The van der Waals surface area contributed by atoms with E-state index in [0.717, 1.165) is 24.8 Å². The van der Waals surface area contributed by atoms with Crippen molar-refractivity contribution < 1.29 is 27.2 Å². The molecule has 1 aromatic heterocycles. The summed E-state index contributed by atoms with van der Waals surface area (Å²) in [5, 5.41) is 2.70. The largest absolute Gasteiger partial charge is 0.495 e. The Bertz CT molecular complexity index is 1310. The first-order valence-corrected chi connectivity index (χ1v) is 12.4. The van der Waals surface area contributed by atoms with Gasteiger partial charge in [-0.15, -0.1) is 0 Å². The summed E-state index contributed by atoms with van der Waals surface area (Å²) in [5.74, 6) is 0.216. The summed E-state index contributed by atoms with van der Waals surface area (Å²) in [6, 6.07) is 14.6. The maximum atomic E-state index is 13.2. The lowest BCUT2D eigenvalue weighted by molar-refractivity contribution is 0.0994. The van der Waals surface area contributed by atoms with Gasteiger partial charge in [0.1, 0.15) is 16.4 Å². The van der Waals surface area contributed by atoms with E-state index < -0.39 is 15.9 Å². The molecular weight excluding hydrogens is 456 g/mol. The number of carbonyl (C=O) groups is 2. The summed E-state index contributed by atoms with van der Waals surface area (Å²) in [7, 11) is -2.35. The molecular formula is C25H26N2O6S. The maximum Gasteiger partial charge on any atom is 0.291 e. The summed E-state index contributed by atoms with van der Waals surface area (Å²) in [5.41, 5.74) is 1.62. The van der Waals surface area contributed by atoms with Gasteiger partial charge in [-0.05, 0) is 50.1 Å². The monoisotopic (exact) mass is 482 g/mol. The Balaban J connectivity index is 1.54. The van der Waals surface area contributed by atoms with Gasteiger partial charge in [0.05, 0.1) is 7.11 Å². The highest BCUT2D eigenvalue weighted by Crippen LogP contribution is 2.31. The summed E-state index contributed by atoms with van der Waals surface area (Å²) in [4.78, 5) is 24.2. The van der Waals surface area contributed by atoms with Crippen LogP contribution in [-0.2, 0) is 10.0 Å². The molecule has 0 spiro atoms. The van der Waals surface area contributed by atoms with Crippen molar-refractivity contribution in [3.8, 4) is 17.1 Å². The fourth-order valence-corrected chi connectivity index (χ4v) is 5.58. The van der Waals surface area contributed by atoms with Crippen molar-refractivity contribution in [2.45, 2.75) is 31.1 Å². The summed E-state index contributed by atoms with van der Waals surface area (Å²) in [6.07, 6.45) is 2.64. The van der Waals surface area contributed by atoms with Gasteiger partial charge in [0.25, 0.3) is 5.91 Å². The van der Waals surface area contributed by atoms with Gasteiger partial charge in [-0.25, -0.2) is 8.42 Å². The molecule has 1 N–H and O–H groups in total. The number of carbonyl (C=O) groups excluding carboxylic acids is 2. The molecule has 1 aliphatic heterocycles. The molecule has 0 bridgehead atoms. The quantitative estimate of drug-likeness (QED) is 0.494. The lowest BCUT2D eigenvalue weighted by Crippen LogP contribution is -2.35. The number of amides is 1. The van der Waals surface area contributed by atoms with Crippen LogP contribution < -0.4 is 10.1 Å². The number of methoxy groups -OCH3 is 1. The van der Waals surface area contributed by atoms with Crippen LogP contribution in [0.15, 0.2) is 63.9 Å². The fourth-order valence-electron chi connectivity index (χ4n) is 3.88. The number of benzene rings is 2. The van der Waals surface area contributed by atoms with Crippen LogP contribution in [0.4, 0.5) is 5.69 Å². The zero-order valence-corrected chi connectivity index (χ0v) is 19.9. The van der Waals surface area contributed by atoms with Gasteiger partial charge in [0.15, 0.2) is 11.5 Å². The molecule has 2 heterocycles. The van der Waals surface area contributed by atoms with Gasteiger partial charge < -0.3 is 14.5 Å². The van der Waals surface area contributed by atoms with Gasteiger partial charge in [-0.1, -0.05) is 30.7 Å². The van der Waals surface area contributed by atoms with E-state index in [2.05, 4.69) is 5.32 Å². The molecule has 1 fully saturated rings. The Morgan fingerprint density at radius 2 is 1.68 bits per heavy atom. The second-order valence-corrected chi connectivity index (χ2v) is 9.99. The van der Waals surface area contributed by atoms with Crippen LogP contribution in [-0.4, -0.2) is 44.6 Å². The third kappa shape index (κ3) is 4.90. The predicted octanol–water partition coefficient (Wildman–Crippen LogP) is 4.58. The number of sulfonamides is 1. The molecule has 0 radical (unpaired) electrons. The number of rotatable bonds is 7. The molecule has 0 aliphatic carbocycles. The zero-order chi connectivity index (χ0) is 24.3. The normalized spacial score (nSPS) is 14.5. The number of hydrogen-bond donors (Lipinski definition) is 1. The average molecular weight is 483 g/mol. The summed E-state index contributed by atoms with van der Waals surface area (Å²) < 4.78 is 38.8. The summed E-state index contributed by atoms with van der Waals surface area (Å²) in [6.45, 7) is 2.42. The van der Waals surface area contributed by atoms with E-state index in [1.54, 1.807) is 42.5 Å². The van der Waals surface area contributed by atoms with Crippen molar-refractivity contribution in [2.75, 3.05) is 25.5 Å². The van der Waals surface area contributed by atoms with Crippen LogP contribution in [0.25, 0.3) is 11.3 Å². The first-order chi connectivity index (χ1) is 16.3. The van der Waals surface area contributed by atoms with Crippen LogP contribution >= 0.6 is 0 Å². The van der Waals surface area contributed by atoms with Crippen molar-refractivity contribution in [3.63, 3.8) is 0 Å². The smallest absolute Gasteiger partial charge is 0.291 e. The van der Waals surface area contributed by atoms with Gasteiger partial charge >= 0.3 is 0 Å². The molecule has 3 aromatic rings. The topological polar surface area (TPSA) is 106 Å². The van der Waals surface area contributed by atoms with E-state index in [0.29, 0.717) is 30.1 Å². The van der Waals surface area contributed by atoms with E-state index in [1.165, 1.54) is 30.5 Å². The molecule has 34 heavy (non-hydrogen) atoms. The number of hydrogen-bond acceptors (Lipinski definition) is 6. The van der Waals surface area contributed by atoms with Crippen molar-refractivity contribution >= 4 is 27.4 Å². The number of ether oxygens (including phenoxy) is 1. The lowest BCUT2D eigenvalue weighted by Gasteiger charge is -2.26. The number of Topliss-reactive ketones (excluding diaryl/α,β-unsaturated/α-hetero) is 1. The van der Waals surface area contributed by atoms with Crippen molar-refractivity contribution in [1.29, 1.82) is 0 Å². The molecule has 178 valence electrons. The van der Waals surface area contributed by atoms with Crippen molar-refractivity contribution in [3.05, 3.63) is 65.9 Å². The molecule has 4 rings (SSSR count). The lowest BCUT2D eigenvalue weighted by atomic mass is 10.1. The van der Waals surface area contributed by atoms with Gasteiger partial charge in [0, 0.05) is 29.9 Å². The Morgan fingerprint density at radius 3 is 2.32 bits per heavy atom. The molecule has 2 aromatic carbocycles. The zero-order valence-electron chi connectivity index (χ0n) is 19.0. The van der Waals surface area contributed by atoms with Gasteiger partial charge in [-0.3, -0.25) is 9.59 Å². The van der Waals surface area contributed by atoms with Crippen LogP contribution in [0.5, 0.6) is 5.75 Å². The summed E-state index contributed by atoms with van der Waals surface area (Å²) >= 11 is 0. The van der Waals surface area contributed by atoms with E-state index in [-0.39, 0.29) is 22.2 Å². The van der Waals surface area contributed by atoms with E-state index in [9.17, 15) is 18.0 Å². The minimum absolute atomic E-state index is 0.0143. The van der Waals surface area contributed by atoms with Crippen LogP contribution in [0.2, 0.25) is 0 Å². The molecule has 9 heteroatoms. The molecule has 1 aliphatic rings. The minimum atomic E-state index is -3.76. The minimum Gasteiger partial charge on any atom is -0.495 e. The van der Waals surface area contributed by atoms with Crippen LogP contribution in [0.1, 0.15) is 47.1 Å². The van der Waals surface area contributed by atoms with E-state index in [4.69, 9.17) is 9.15 Å². The van der Waals surface area contributed by atoms with E-state index in [1.807, 2.05) is 0 Å². The number of nitrogens with zero attached hydrogens (tertiary/aromatic N) is 1. The second kappa shape index (κ2) is 9.82. The van der Waals surface area contributed by atoms with Gasteiger partial charge in [0.2, 0.25) is 10.0 Å². The van der Waals surface area contributed by atoms with E-state index >= 15 is 0 Å². The Labute approximate surface area is 198 Å². The first-order valence-electron chi connectivity index (χ1n) is 11.0. The third-order valence-corrected chi connectivity index (χ3v) is 7.68. The standard InChI is InChI=1S/C25H26N2O6S/c1-17(28)18-6-8-19(9-7-18)21-12-13-23(33-21)25(29)26-20-10-11-22(32-2)24(16-20)34(30,31)27-14-4-3-5-15-27/h6-13,16H,3-5,14-15H2,1-2H3,(H,26,29). The van der Waals surface area contributed by atoms with Crippen LogP contribution in [0, 0.1) is 0 Å². The highest BCUT2D eigenvalue weighted by Gasteiger charge is 2.29. The number of piperidine rings is 1. The van der Waals surface area contributed by atoms with Crippen molar-refractivity contribution in [2.24, 2.45) is 0 Å². The van der Waals surface area contributed by atoms with Crippen LogP contribution in [0.3, 0.4) is 0 Å². The Kier molecular flexibility index (Phi) is 6.85. The Morgan fingerprint density at radius 1 is 0.971 bits per heavy atom. The molecule has 8 nitrogen and oxygen atoms in total. The number of furan rings is 1. The Hall–Kier alpha value is -3.43.